The Kier molecular flexibility index (Phi) is 4.95. The Balaban J connectivity index is 0.000001000. The Morgan fingerprint density at radius 3 is 2.09 bits per heavy atom. The van der Waals surface area contributed by atoms with E-state index in [1.54, 1.807) is 12.1 Å². The standard InChI is InChI=1S/C7H7NO2.K.H/c8-6-3-1-5(2-4-6)7(9)10;;/h1-4H,8H2,(H,9,10);;. The zero-order valence-electron chi connectivity index (χ0n) is 5.24. The number of carboxylic acids is 1. The van der Waals surface area contributed by atoms with E-state index in [0.29, 0.717) is 5.69 Å². The number of carboxylic acid groups (broad SMARTS) is 1. The average Bonchev–Trinajstić information content (AvgIpc) is 1.88. The van der Waals surface area contributed by atoms with Crippen LogP contribution in [-0.4, -0.2) is 62.5 Å². The van der Waals surface area contributed by atoms with Crippen LogP contribution in [0.15, 0.2) is 24.3 Å². The normalized spacial score (nSPS) is 8.36. The summed E-state index contributed by atoms with van der Waals surface area (Å²) < 4.78 is 0. The summed E-state index contributed by atoms with van der Waals surface area (Å²) in [5, 5.41) is 8.43. The number of rotatable bonds is 1. The number of nitrogen functional groups attached to an aromatic ring is 1. The van der Waals surface area contributed by atoms with Crippen molar-refractivity contribution in [2.24, 2.45) is 0 Å². The molecule has 1 rings (SSSR count). The summed E-state index contributed by atoms with van der Waals surface area (Å²) in [7, 11) is 0. The second kappa shape index (κ2) is 4.90. The zero-order chi connectivity index (χ0) is 7.56. The molecule has 0 amide bonds. The van der Waals surface area contributed by atoms with Gasteiger partial charge in [0.15, 0.2) is 0 Å². The van der Waals surface area contributed by atoms with E-state index < -0.39 is 5.97 Å². The first-order valence-corrected chi connectivity index (χ1v) is 2.79. The molecule has 0 saturated heterocycles. The number of hydrogen-bond donors (Lipinski definition) is 2. The Hall–Kier alpha value is 0.126. The molecule has 0 aliphatic carbocycles. The molecule has 0 fully saturated rings. The van der Waals surface area contributed by atoms with Crippen molar-refractivity contribution in [1.82, 2.24) is 0 Å². The molecule has 0 aromatic heterocycles. The molecule has 11 heavy (non-hydrogen) atoms. The van der Waals surface area contributed by atoms with E-state index in [0.717, 1.165) is 0 Å². The van der Waals surface area contributed by atoms with Gasteiger partial charge in [0.25, 0.3) is 0 Å². The van der Waals surface area contributed by atoms with Crippen LogP contribution in [0.5, 0.6) is 0 Å². The van der Waals surface area contributed by atoms with E-state index in [4.69, 9.17) is 10.8 Å². The Morgan fingerprint density at radius 1 is 1.27 bits per heavy atom. The molecule has 0 radical (unpaired) electrons. The predicted molar refractivity (Wildman–Crippen MR) is 45.0 cm³/mol. The van der Waals surface area contributed by atoms with Gasteiger partial charge in [-0.3, -0.25) is 0 Å². The van der Waals surface area contributed by atoms with E-state index >= 15 is 0 Å². The minimum atomic E-state index is -0.931. The molecular formula is C7H8KNO2. The number of hydrogen-bond acceptors (Lipinski definition) is 2. The molecule has 1 aromatic carbocycles. The topological polar surface area (TPSA) is 63.3 Å². The van der Waals surface area contributed by atoms with Crippen LogP contribution in [0.1, 0.15) is 10.4 Å². The van der Waals surface area contributed by atoms with Gasteiger partial charge in [0.1, 0.15) is 0 Å². The third-order valence-corrected chi connectivity index (χ3v) is 1.16. The fourth-order valence-corrected chi connectivity index (χ4v) is 0.626. The fourth-order valence-electron chi connectivity index (χ4n) is 0.626. The van der Waals surface area contributed by atoms with E-state index in [1.807, 2.05) is 0 Å². The van der Waals surface area contributed by atoms with Gasteiger partial charge in [-0.1, -0.05) is 0 Å². The molecule has 54 valence electrons. The zero-order valence-corrected chi connectivity index (χ0v) is 5.24. The summed E-state index contributed by atoms with van der Waals surface area (Å²) in [6.45, 7) is 0. The van der Waals surface area contributed by atoms with Crippen LogP contribution in [0.2, 0.25) is 0 Å². The van der Waals surface area contributed by atoms with E-state index in [9.17, 15) is 4.79 Å². The summed E-state index contributed by atoms with van der Waals surface area (Å²) in [6, 6.07) is 6.06. The van der Waals surface area contributed by atoms with Crippen molar-refractivity contribution in [1.29, 1.82) is 0 Å². The number of carbonyl (C=O) groups is 1. The van der Waals surface area contributed by atoms with Crippen molar-refractivity contribution in [3.05, 3.63) is 29.8 Å². The Bertz CT molecular complexity index is 245. The predicted octanol–water partition coefficient (Wildman–Crippen LogP) is 0.319. The van der Waals surface area contributed by atoms with Gasteiger partial charge in [0.2, 0.25) is 0 Å². The molecule has 1 aromatic rings. The van der Waals surface area contributed by atoms with Gasteiger partial charge >= 0.3 is 57.4 Å². The average molecular weight is 177 g/mol. The van der Waals surface area contributed by atoms with Crippen LogP contribution in [-0.2, 0) is 0 Å². The second-order valence-corrected chi connectivity index (χ2v) is 1.93. The second-order valence-electron chi connectivity index (χ2n) is 1.93. The number of nitrogens with two attached hydrogens (primary N) is 1. The van der Waals surface area contributed by atoms with E-state index in [1.165, 1.54) is 12.1 Å². The van der Waals surface area contributed by atoms with Gasteiger partial charge in [-0.15, -0.1) is 0 Å². The molecule has 3 N–H and O–H groups in total. The first-order valence-electron chi connectivity index (χ1n) is 2.79. The summed E-state index contributed by atoms with van der Waals surface area (Å²) >= 11 is 0. The van der Waals surface area contributed by atoms with Crippen molar-refractivity contribution in [2.45, 2.75) is 0 Å². The van der Waals surface area contributed by atoms with Crippen LogP contribution < -0.4 is 5.73 Å². The van der Waals surface area contributed by atoms with Gasteiger partial charge < -0.3 is 10.8 Å². The molecule has 4 heteroatoms. The summed E-state index contributed by atoms with van der Waals surface area (Å²) in [5.41, 5.74) is 6.17. The van der Waals surface area contributed by atoms with Gasteiger partial charge in [0.05, 0.1) is 5.56 Å². The molecule has 0 aliphatic rings. The van der Waals surface area contributed by atoms with Crippen molar-refractivity contribution < 1.29 is 9.90 Å². The Labute approximate surface area is 107 Å². The van der Waals surface area contributed by atoms with Crippen molar-refractivity contribution in [2.75, 3.05) is 5.73 Å². The van der Waals surface area contributed by atoms with Crippen LogP contribution in [0, 0.1) is 0 Å². The fraction of sp³-hybridized carbons (Fsp3) is 0. The van der Waals surface area contributed by atoms with E-state index in [2.05, 4.69) is 0 Å². The van der Waals surface area contributed by atoms with Crippen LogP contribution >= 0.6 is 0 Å². The number of benzene rings is 1. The number of anilines is 1. The van der Waals surface area contributed by atoms with Crippen molar-refractivity contribution in [3.8, 4) is 0 Å². The maximum atomic E-state index is 10.3. The molecule has 0 unspecified atom stereocenters. The first kappa shape index (κ1) is 11.1. The summed E-state index contributed by atoms with van der Waals surface area (Å²) in [5.74, 6) is -0.931. The van der Waals surface area contributed by atoms with Gasteiger partial charge in [-0.25, -0.2) is 4.79 Å². The molecule has 3 nitrogen and oxygen atoms in total. The third kappa shape index (κ3) is 3.35. The SMILES string of the molecule is Nc1ccc(C(=O)O)cc1.[KH]. The van der Waals surface area contributed by atoms with E-state index in [-0.39, 0.29) is 56.9 Å². The first-order chi connectivity index (χ1) is 4.70. The minimum absolute atomic E-state index is 0. The molecular weight excluding hydrogens is 169 g/mol. The number of aromatic carboxylic acids is 1. The van der Waals surface area contributed by atoms with Crippen molar-refractivity contribution in [3.63, 3.8) is 0 Å². The Morgan fingerprint density at radius 2 is 1.73 bits per heavy atom. The molecule has 0 aliphatic heterocycles. The third-order valence-electron chi connectivity index (χ3n) is 1.16. The quantitative estimate of drug-likeness (QED) is 0.479. The molecule has 0 bridgehead atoms. The monoisotopic (exact) mass is 177 g/mol. The molecule has 0 heterocycles. The molecule has 0 atom stereocenters. The van der Waals surface area contributed by atoms with Gasteiger partial charge in [-0.2, -0.15) is 0 Å². The summed E-state index contributed by atoms with van der Waals surface area (Å²) in [6.07, 6.45) is 0. The van der Waals surface area contributed by atoms with Crippen LogP contribution in [0.4, 0.5) is 5.69 Å². The molecule has 0 spiro atoms. The van der Waals surface area contributed by atoms with Gasteiger partial charge in [-0.05, 0) is 24.3 Å². The van der Waals surface area contributed by atoms with Gasteiger partial charge in [0, 0.05) is 5.69 Å². The summed E-state index contributed by atoms with van der Waals surface area (Å²) in [4.78, 5) is 10.3. The van der Waals surface area contributed by atoms with Crippen LogP contribution in [0.25, 0.3) is 0 Å². The molecule has 0 saturated carbocycles. The van der Waals surface area contributed by atoms with Crippen molar-refractivity contribution >= 4 is 63.0 Å². The van der Waals surface area contributed by atoms with Crippen LogP contribution in [0.3, 0.4) is 0 Å². The maximum absolute atomic E-state index is 10.3.